The van der Waals surface area contributed by atoms with Crippen LogP contribution >= 0.6 is 0 Å². The van der Waals surface area contributed by atoms with Gasteiger partial charge in [0.1, 0.15) is 0 Å². The zero-order valence-electron chi connectivity index (χ0n) is 13.6. The van der Waals surface area contributed by atoms with Crippen molar-refractivity contribution in [3.63, 3.8) is 0 Å². The Kier molecular flexibility index (Phi) is 3.38. The van der Waals surface area contributed by atoms with E-state index in [1.165, 1.54) is 38.2 Å². The lowest BCUT2D eigenvalue weighted by molar-refractivity contribution is 0.867. The largest absolute Gasteiger partial charge is 0.0616 e. The molecule has 0 spiro atoms. The minimum absolute atomic E-state index is 0.543. The predicted molar refractivity (Wildman–Crippen MR) is 101 cm³/mol. The van der Waals surface area contributed by atoms with Gasteiger partial charge >= 0.3 is 0 Å². The molecule has 0 aliphatic carbocycles. The quantitative estimate of drug-likeness (QED) is 0.357. The topological polar surface area (TPSA) is 0 Å². The summed E-state index contributed by atoms with van der Waals surface area (Å²) in [5.41, 5.74) is 4.01. The van der Waals surface area contributed by atoms with Gasteiger partial charge in [-0.2, -0.15) is 0 Å². The van der Waals surface area contributed by atoms with Crippen molar-refractivity contribution < 1.29 is 0 Å². The van der Waals surface area contributed by atoms with E-state index in [-0.39, 0.29) is 0 Å². The summed E-state index contributed by atoms with van der Waals surface area (Å²) in [6, 6.07) is 28.7. The summed E-state index contributed by atoms with van der Waals surface area (Å²) >= 11 is 0. The van der Waals surface area contributed by atoms with Crippen LogP contribution in [0.1, 0.15) is 25.3 Å². The molecule has 0 saturated carbocycles. The van der Waals surface area contributed by atoms with Crippen LogP contribution in [-0.4, -0.2) is 0 Å². The van der Waals surface area contributed by atoms with E-state index in [1.54, 1.807) is 0 Å². The molecule has 0 nitrogen and oxygen atoms in total. The second-order valence-corrected chi connectivity index (χ2v) is 6.47. The van der Waals surface area contributed by atoms with Gasteiger partial charge in [0.25, 0.3) is 0 Å². The molecule has 0 aliphatic heterocycles. The molecule has 112 valence electrons. The van der Waals surface area contributed by atoms with Crippen molar-refractivity contribution in [3.8, 4) is 11.1 Å². The smallest absolute Gasteiger partial charge is 0.00989 e. The minimum atomic E-state index is 0.543. The Morgan fingerprint density at radius 2 is 1.30 bits per heavy atom. The summed E-state index contributed by atoms with van der Waals surface area (Å²) in [5.74, 6) is 0.543. The van der Waals surface area contributed by atoms with Crippen molar-refractivity contribution >= 4 is 21.5 Å². The third kappa shape index (κ3) is 2.41. The van der Waals surface area contributed by atoms with Gasteiger partial charge in [0, 0.05) is 0 Å². The van der Waals surface area contributed by atoms with Gasteiger partial charge in [0.05, 0.1) is 0 Å². The van der Waals surface area contributed by atoms with E-state index < -0.39 is 0 Å². The number of benzene rings is 4. The molecule has 4 aromatic carbocycles. The molecule has 0 atom stereocenters. The van der Waals surface area contributed by atoms with Crippen LogP contribution in [0.2, 0.25) is 0 Å². The molecular formula is C23H20. The Hall–Kier alpha value is -2.60. The molecule has 0 aliphatic rings. The van der Waals surface area contributed by atoms with Crippen molar-refractivity contribution in [2.45, 2.75) is 19.8 Å². The average Bonchev–Trinajstić information content (AvgIpc) is 2.61. The second kappa shape index (κ2) is 5.55. The Bertz CT molecular complexity index is 993. The van der Waals surface area contributed by atoms with Crippen molar-refractivity contribution in [2.24, 2.45) is 0 Å². The van der Waals surface area contributed by atoms with Crippen LogP contribution in [0.25, 0.3) is 32.7 Å². The first kappa shape index (κ1) is 14.0. The number of hydrogen-bond donors (Lipinski definition) is 0. The van der Waals surface area contributed by atoms with E-state index in [0.29, 0.717) is 5.92 Å². The first-order chi connectivity index (χ1) is 11.2. The maximum absolute atomic E-state index is 2.33. The highest BCUT2D eigenvalue weighted by Crippen LogP contribution is 2.35. The third-order valence-corrected chi connectivity index (χ3v) is 4.63. The molecule has 0 fully saturated rings. The Morgan fingerprint density at radius 3 is 2.09 bits per heavy atom. The van der Waals surface area contributed by atoms with Gasteiger partial charge in [-0.05, 0) is 50.2 Å². The van der Waals surface area contributed by atoms with Gasteiger partial charge in [-0.25, -0.2) is 0 Å². The lowest BCUT2D eigenvalue weighted by Gasteiger charge is -2.13. The first-order valence-electron chi connectivity index (χ1n) is 8.25. The van der Waals surface area contributed by atoms with E-state index in [9.17, 15) is 0 Å². The maximum atomic E-state index is 2.33. The Labute approximate surface area is 137 Å². The molecule has 0 unspecified atom stereocenters. The number of rotatable bonds is 2. The van der Waals surface area contributed by atoms with Crippen molar-refractivity contribution in [1.29, 1.82) is 0 Å². The zero-order valence-corrected chi connectivity index (χ0v) is 13.6. The fraction of sp³-hybridized carbons (Fsp3) is 0.130. The third-order valence-electron chi connectivity index (χ3n) is 4.63. The summed E-state index contributed by atoms with van der Waals surface area (Å²) in [4.78, 5) is 0. The highest BCUT2D eigenvalue weighted by molar-refractivity contribution is 6.13. The van der Waals surface area contributed by atoms with Gasteiger partial charge in [-0.15, -0.1) is 0 Å². The van der Waals surface area contributed by atoms with Crippen molar-refractivity contribution in [3.05, 3.63) is 84.4 Å². The lowest BCUT2D eigenvalue weighted by Crippen LogP contribution is -1.89. The molecule has 0 bridgehead atoms. The van der Waals surface area contributed by atoms with Gasteiger partial charge in [0.2, 0.25) is 0 Å². The maximum Gasteiger partial charge on any atom is -0.00989 e. The fourth-order valence-electron chi connectivity index (χ4n) is 3.36. The summed E-state index contributed by atoms with van der Waals surface area (Å²) in [6.45, 7) is 4.50. The second-order valence-electron chi connectivity index (χ2n) is 6.47. The molecule has 0 N–H and O–H groups in total. The average molecular weight is 296 g/mol. The Morgan fingerprint density at radius 1 is 0.609 bits per heavy atom. The van der Waals surface area contributed by atoms with Crippen LogP contribution < -0.4 is 0 Å². The highest BCUT2D eigenvalue weighted by Gasteiger charge is 2.09. The fourth-order valence-corrected chi connectivity index (χ4v) is 3.36. The number of hydrogen-bond acceptors (Lipinski definition) is 0. The molecule has 0 heterocycles. The van der Waals surface area contributed by atoms with Crippen LogP contribution in [-0.2, 0) is 0 Å². The molecule has 0 aromatic heterocycles. The predicted octanol–water partition coefficient (Wildman–Crippen LogP) is 6.78. The summed E-state index contributed by atoms with van der Waals surface area (Å²) < 4.78 is 0. The normalized spacial score (nSPS) is 11.4. The van der Waals surface area contributed by atoms with Crippen molar-refractivity contribution in [2.75, 3.05) is 0 Å². The molecule has 0 heteroatoms. The van der Waals surface area contributed by atoms with E-state index in [4.69, 9.17) is 0 Å². The van der Waals surface area contributed by atoms with Gasteiger partial charge in [-0.3, -0.25) is 0 Å². The van der Waals surface area contributed by atoms with Crippen LogP contribution in [0.15, 0.2) is 78.9 Å². The van der Waals surface area contributed by atoms with Crippen LogP contribution in [0, 0.1) is 0 Å². The van der Waals surface area contributed by atoms with Crippen molar-refractivity contribution in [1.82, 2.24) is 0 Å². The van der Waals surface area contributed by atoms with E-state index >= 15 is 0 Å². The molecule has 4 rings (SSSR count). The molecule has 23 heavy (non-hydrogen) atoms. The highest BCUT2D eigenvalue weighted by atomic mass is 14.1. The zero-order chi connectivity index (χ0) is 15.8. The summed E-state index contributed by atoms with van der Waals surface area (Å²) in [5, 5.41) is 5.28. The summed E-state index contributed by atoms with van der Waals surface area (Å²) in [7, 11) is 0. The lowest BCUT2D eigenvalue weighted by atomic mass is 9.91. The van der Waals surface area contributed by atoms with Gasteiger partial charge < -0.3 is 0 Å². The molecular weight excluding hydrogens is 276 g/mol. The Balaban J connectivity index is 2.07. The monoisotopic (exact) mass is 296 g/mol. The van der Waals surface area contributed by atoms with Gasteiger partial charge in [0.15, 0.2) is 0 Å². The summed E-state index contributed by atoms with van der Waals surface area (Å²) in [6.07, 6.45) is 0. The first-order valence-corrected chi connectivity index (χ1v) is 8.25. The van der Waals surface area contributed by atoms with E-state index in [2.05, 4.69) is 92.7 Å². The molecule has 0 radical (unpaired) electrons. The number of fused-ring (bicyclic) bond motifs is 3. The minimum Gasteiger partial charge on any atom is -0.0616 e. The van der Waals surface area contributed by atoms with Gasteiger partial charge in [-0.1, -0.05) is 86.6 Å². The van der Waals surface area contributed by atoms with E-state index in [1.807, 2.05) is 0 Å². The molecule has 0 amide bonds. The van der Waals surface area contributed by atoms with E-state index in [0.717, 1.165) is 0 Å². The molecule has 0 saturated heterocycles. The van der Waals surface area contributed by atoms with Crippen LogP contribution in [0.3, 0.4) is 0 Å². The molecule has 4 aromatic rings. The van der Waals surface area contributed by atoms with Crippen LogP contribution in [0.5, 0.6) is 0 Å². The SMILES string of the molecule is CC(C)c1cccc(-c2cc3ccccc3c3ccccc23)c1. The van der Waals surface area contributed by atoms with Crippen LogP contribution in [0.4, 0.5) is 0 Å². The standard InChI is InChI=1S/C23H20/c1-16(2)17-9-7-10-18(14-17)23-15-19-8-3-4-11-20(19)21-12-5-6-13-22(21)23/h3-16H,1-2H3.